The van der Waals surface area contributed by atoms with Gasteiger partial charge in [-0.15, -0.1) is 6.42 Å². The van der Waals surface area contributed by atoms with Crippen molar-refractivity contribution in [3.63, 3.8) is 0 Å². The lowest BCUT2D eigenvalue weighted by atomic mass is 10.0. The van der Waals surface area contributed by atoms with Crippen LogP contribution in [0.1, 0.15) is 23.6 Å². The molecule has 0 heterocycles. The number of hydrogen-bond acceptors (Lipinski definition) is 2. The van der Waals surface area contributed by atoms with Gasteiger partial charge in [-0.2, -0.15) is 0 Å². The normalized spacial score (nSPS) is 12.1. The van der Waals surface area contributed by atoms with Gasteiger partial charge in [0.25, 0.3) is 6.43 Å². The number of carboxylic acids is 1. The third-order valence-electron chi connectivity index (χ3n) is 2.18. The second kappa shape index (κ2) is 5.97. The van der Waals surface area contributed by atoms with Crippen LogP contribution in [0, 0.1) is 12.3 Å². The van der Waals surface area contributed by atoms with Gasteiger partial charge in [0.1, 0.15) is 6.04 Å². The van der Waals surface area contributed by atoms with Crippen LogP contribution in [0.5, 0.6) is 0 Å². The summed E-state index contributed by atoms with van der Waals surface area (Å²) in [5.74, 6) is 1.15. The van der Waals surface area contributed by atoms with Gasteiger partial charge < -0.3 is 5.11 Å². The van der Waals surface area contributed by atoms with Crippen LogP contribution in [0.15, 0.2) is 24.3 Å². The van der Waals surface area contributed by atoms with Crippen molar-refractivity contribution < 1.29 is 18.7 Å². The Hall–Kier alpha value is -1.93. The van der Waals surface area contributed by atoms with E-state index in [2.05, 4.69) is 11.2 Å². The molecule has 0 aliphatic heterocycles. The standard InChI is InChI=1S/C12H11F2NO2/c1-2-7-15-10(12(16)17)8-3-5-9(6-4-8)11(13)14/h1,3-6,10-11,15H,7H2,(H,16,17). The first-order chi connectivity index (χ1) is 8.06. The molecule has 90 valence electrons. The van der Waals surface area contributed by atoms with E-state index in [1.54, 1.807) is 0 Å². The lowest BCUT2D eigenvalue weighted by Gasteiger charge is -2.13. The quantitative estimate of drug-likeness (QED) is 0.772. The Morgan fingerprint density at radius 2 is 1.88 bits per heavy atom. The molecule has 0 bridgehead atoms. The fourth-order valence-electron chi connectivity index (χ4n) is 1.34. The molecule has 0 radical (unpaired) electrons. The molecule has 17 heavy (non-hydrogen) atoms. The van der Waals surface area contributed by atoms with Crippen LogP contribution in [-0.2, 0) is 4.79 Å². The van der Waals surface area contributed by atoms with Gasteiger partial charge in [0.2, 0.25) is 0 Å². The van der Waals surface area contributed by atoms with Crippen molar-refractivity contribution in [2.24, 2.45) is 0 Å². The number of nitrogens with one attached hydrogen (secondary N) is 1. The molecule has 0 aromatic heterocycles. The lowest BCUT2D eigenvalue weighted by Crippen LogP contribution is -2.28. The predicted molar refractivity (Wildman–Crippen MR) is 58.6 cm³/mol. The molecule has 1 rings (SSSR count). The molecule has 3 nitrogen and oxygen atoms in total. The summed E-state index contributed by atoms with van der Waals surface area (Å²) in [5, 5.41) is 11.6. The number of benzene rings is 1. The summed E-state index contributed by atoms with van der Waals surface area (Å²) in [6, 6.07) is 4.12. The summed E-state index contributed by atoms with van der Waals surface area (Å²) < 4.78 is 24.6. The van der Waals surface area contributed by atoms with Crippen molar-refractivity contribution in [2.75, 3.05) is 6.54 Å². The molecule has 5 heteroatoms. The van der Waals surface area contributed by atoms with Gasteiger partial charge in [0.15, 0.2) is 0 Å². The van der Waals surface area contributed by atoms with Crippen LogP contribution in [0.25, 0.3) is 0 Å². The fourth-order valence-corrected chi connectivity index (χ4v) is 1.34. The van der Waals surface area contributed by atoms with Crippen molar-refractivity contribution in [1.29, 1.82) is 0 Å². The Morgan fingerprint density at radius 1 is 1.35 bits per heavy atom. The maximum Gasteiger partial charge on any atom is 0.325 e. The summed E-state index contributed by atoms with van der Waals surface area (Å²) in [5.41, 5.74) is 0.243. The summed E-state index contributed by atoms with van der Waals surface area (Å²) in [4.78, 5) is 10.9. The van der Waals surface area contributed by atoms with Crippen molar-refractivity contribution in [1.82, 2.24) is 5.32 Å². The van der Waals surface area contributed by atoms with Crippen LogP contribution in [-0.4, -0.2) is 17.6 Å². The highest BCUT2D eigenvalue weighted by Gasteiger charge is 2.19. The third-order valence-corrected chi connectivity index (χ3v) is 2.18. The molecule has 1 unspecified atom stereocenters. The summed E-state index contributed by atoms with van der Waals surface area (Å²) in [6.45, 7) is 0.0908. The lowest BCUT2D eigenvalue weighted by molar-refractivity contribution is -0.139. The van der Waals surface area contributed by atoms with E-state index in [-0.39, 0.29) is 12.1 Å². The maximum atomic E-state index is 12.3. The molecule has 0 spiro atoms. The molecule has 0 saturated carbocycles. The molecule has 0 aliphatic carbocycles. The van der Waals surface area contributed by atoms with E-state index < -0.39 is 18.4 Å². The maximum absolute atomic E-state index is 12.3. The smallest absolute Gasteiger partial charge is 0.325 e. The highest BCUT2D eigenvalue weighted by molar-refractivity contribution is 5.75. The van der Waals surface area contributed by atoms with E-state index in [0.717, 1.165) is 0 Å². The van der Waals surface area contributed by atoms with Gasteiger partial charge in [-0.05, 0) is 5.56 Å². The molecule has 0 aliphatic rings. The van der Waals surface area contributed by atoms with Crippen LogP contribution in [0.2, 0.25) is 0 Å². The number of hydrogen-bond donors (Lipinski definition) is 2. The average Bonchev–Trinajstić information content (AvgIpc) is 2.29. The second-order valence-corrected chi connectivity index (χ2v) is 3.32. The molecule has 1 atom stereocenters. The predicted octanol–water partition coefficient (Wildman–Crippen LogP) is 1.97. The minimum Gasteiger partial charge on any atom is -0.480 e. The molecular formula is C12H11F2NO2. The zero-order valence-electron chi connectivity index (χ0n) is 8.86. The first kappa shape index (κ1) is 13.1. The van der Waals surface area contributed by atoms with Crippen molar-refractivity contribution >= 4 is 5.97 Å². The largest absolute Gasteiger partial charge is 0.480 e. The fraction of sp³-hybridized carbons (Fsp3) is 0.250. The monoisotopic (exact) mass is 239 g/mol. The summed E-state index contributed by atoms with van der Waals surface area (Å²) in [7, 11) is 0. The molecule has 1 aromatic carbocycles. The van der Waals surface area contributed by atoms with E-state index in [4.69, 9.17) is 11.5 Å². The van der Waals surface area contributed by atoms with E-state index in [1.165, 1.54) is 24.3 Å². The topological polar surface area (TPSA) is 49.3 Å². The minimum atomic E-state index is -2.56. The van der Waals surface area contributed by atoms with Crippen molar-refractivity contribution in [3.8, 4) is 12.3 Å². The Morgan fingerprint density at radius 3 is 2.29 bits per heavy atom. The van der Waals surface area contributed by atoms with Gasteiger partial charge in [-0.3, -0.25) is 10.1 Å². The van der Waals surface area contributed by atoms with Crippen LogP contribution in [0.3, 0.4) is 0 Å². The number of alkyl halides is 2. The zero-order valence-corrected chi connectivity index (χ0v) is 8.86. The molecular weight excluding hydrogens is 228 g/mol. The van der Waals surface area contributed by atoms with E-state index in [9.17, 15) is 13.6 Å². The van der Waals surface area contributed by atoms with Gasteiger partial charge >= 0.3 is 5.97 Å². The number of carbonyl (C=O) groups is 1. The highest BCUT2D eigenvalue weighted by atomic mass is 19.3. The number of terminal acetylenes is 1. The first-order valence-electron chi connectivity index (χ1n) is 4.84. The highest BCUT2D eigenvalue weighted by Crippen LogP contribution is 2.21. The Balaban J connectivity index is 2.88. The van der Waals surface area contributed by atoms with Gasteiger partial charge in [-0.25, -0.2) is 8.78 Å². The second-order valence-electron chi connectivity index (χ2n) is 3.32. The van der Waals surface area contributed by atoms with Crippen molar-refractivity contribution in [3.05, 3.63) is 35.4 Å². The van der Waals surface area contributed by atoms with Crippen LogP contribution >= 0.6 is 0 Å². The summed E-state index contributed by atoms with van der Waals surface area (Å²) in [6.07, 6.45) is 2.45. The zero-order chi connectivity index (χ0) is 12.8. The number of rotatable bonds is 5. The third kappa shape index (κ3) is 3.54. The number of carboxylic acid groups (broad SMARTS) is 1. The van der Waals surface area contributed by atoms with E-state index >= 15 is 0 Å². The molecule has 0 saturated heterocycles. The SMILES string of the molecule is C#CCNC(C(=O)O)c1ccc(C(F)F)cc1. The van der Waals surface area contributed by atoms with Crippen LogP contribution in [0.4, 0.5) is 8.78 Å². The Kier molecular flexibility index (Phi) is 4.61. The average molecular weight is 239 g/mol. The summed E-state index contributed by atoms with van der Waals surface area (Å²) >= 11 is 0. The van der Waals surface area contributed by atoms with E-state index in [0.29, 0.717) is 5.56 Å². The van der Waals surface area contributed by atoms with Gasteiger partial charge in [0.05, 0.1) is 6.54 Å². The molecule has 0 amide bonds. The number of aliphatic carboxylic acids is 1. The van der Waals surface area contributed by atoms with Gasteiger partial charge in [0, 0.05) is 5.56 Å². The molecule has 2 N–H and O–H groups in total. The van der Waals surface area contributed by atoms with Crippen molar-refractivity contribution in [2.45, 2.75) is 12.5 Å². The minimum absolute atomic E-state index is 0.0908. The van der Waals surface area contributed by atoms with Crippen LogP contribution < -0.4 is 5.32 Å². The first-order valence-corrected chi connectivity index (χ1v) is 4.84. The molecule has 0 fully saturated rings. The molecule has 1 aromatic rings. The Bertz CT molecular complexity index is 423. The number of halogens is 2. The Labute approximate surface area is 97.5 Å². The van der Waals surface area contributed by atoms with E-state index in [1.807, 2.05) is 0 Å². The van der Waals surface area contributed by atoms with Gasteiger partial charge in [-0.1, -0.05) is 30.2 Å².